The van der Waals surface area contributed by atoms with E-state index >= 15 is 0 Å². The van der Waals surface area contributed by atoms with E-state index < -0.39 is 0 Å². The molecule has 0 aromatic carbocycles. The van der Waals surface area contributed by atoms with Gasteiger partial charge in [-0.3, -0.25) is 4.98 Å². The van der Waals surface area contributed by atoms with Crippen molar-refractivity contribution in [2.24, 2.45) is 23.5 Å². The van der Waals surface area contributed by atoms with E-state index in [2.05, 4.69) is 23.3 Å². The zero-order valence-electron chi connectivity index (χ0n) is 10.9. The van der Waals surface area contributed by atoms with Crippen LogP contribution in [0.1, 0.15) is 49.8 Å². The highest BCUT2D eigenvalue weighted by Gasteiger charge is 2.51. The molecule has 18 heavy (non-hydrogen) atoms. The Morgan fingerprint density at radius 1 is 1.06 bits per heavy atom. The molecule has 5 rings (SSSR count). The lowest BCUT2D eigenvalue weighted by atomic mass is 9.48. The van der Waals surface area contributed by atoms with Gasteiger partial charge in [0.25, 0.3) is 0 Å². The van der Waals surface area contributed by atoms with Crippen LogP contribution in [-0.4, -0.2) is 4.98 Å². The van der Waals surface area contributed by atoms with E-state index in [4.69, 9.17) is 5.73 Å². The summed E-state index contributed by atoms with van der Waals surface area (Å²) in [4.78, 5) is 4.53. The summed E-state index contributed by atoms with van der Waals surface area (Å²) in [6.45, 7) is 0.557. The summed E-state index contributed by atoms with van der Waals surface area (Å²) >= 11 is 0. The second-order valence-corrected chi connectivity index (χ2v) is 6.94. The molecule has 0 atom stereocenters. The Bertz CT molecular complexity index is 413. The van der Waals surface area contributed by atoms with Crippen molar-refractivity contribution in [2.45, 2.75) is 50.5 Å². The maximum Gasteiger partial charge on any atom is 0.0539 e. The molecule has 2 nitrogen and oxygen atoms in total. The summed E-state index contributed by atoms with van der Waals surface area (Å²) in [7, 11) is 0. The fraction of sp³-hybridized carbons (Fsp3) is 0.688. The summed E-state index contributed by atoms with van der Waals surface area (Å²) in [6, 6.07) is 4.44. The third kappa shape index (κ3) is 1.55. The van der Waals surface area contributed by atoms with Gasteiger partial charge in [-0.1, -0.05) is 6.07 Å². The SMILES string of the molecule is NCc1ccc(C23CC4CC(CC(C4)C2)C3)cn1. The van der Waals surface area contributed by atoms with E-state index in [1.165, 1.54) is 44.1 Å². The number of hydrogen-bond donors (Lipinski definition) is 1. The molecule has 0 spiro atoms. The first-order valence-corrected chi connectivity index (χ1v) is 7.43. The lowest BCUT2D eigenvalue weighted by molar-refractivity contribution is -0.00534. The Balaban J connectivity index is 1.70. The van der Waals surface area contributed by atoms with Gasteiger partial charge in [0, 0.05) is 12.7 Å². The van der Waals surface area contributed by atoms with Gasteiger partial charge in [0.1, 0.15) is 0 Å². The molecule has 0 amide bonds. The molecule has 4 fully saturated rings. The van der Waals surface area contributed by atoms with Crippen LogP contribution in [0, 0.1) is 17.8 Å². The Labute approximate surface area is 109 Å². The van der Waals surface area contributed by atoms with Crippen LogP contribution < -0.4 is 5.73 Å². The quantitative estimate of drug-likeness (QED) is 0.866. The second kappa shape index (κ2) is 3.80. The van der Waals surface area contributed by atoms with Gasteiger partial charge in [0.2, 0.25) is 0 Å². The first kappa shape index (κ1) is 11.0. The lowest BCUT2D eigenvalue weighted by Gasteiger charge is -2.57. The minimum Gasteiger partial charge on any atom is -0.325 e. The average molecular weight is 242 g/mol. The molecule has 0 radical (unpaired) electrons. The molecule has 1 heterocycles. The molecule has 4 aliphatic rings. The van der Waals surface area contributed by atoms with Crippen molar-refractivity contribution in [1.29, 1.82) is 0 Å². The number of pyridine rings is 1. The third-order valence-corrected chi connectivity index (χ3v) is 5.68. The molecule has 0 unspecified atom stereocenters. The fourth-order valence-electron chi connectivity index (χ4n) is 5.32. The van der Waals surface area contributed by atoms with Crippen molar-refractivity contribution in [2.75, 3.05) is 0 Å². The minimum atomic E-state index is 0.481. The van der Waals surface area contributed by atoms with Gasteiger partial charge in [0.15, 0.2) is 0 Å². The van der Waals surface area contributed by atoms with Gasteiger partial charge in [-0.15, -0.1) is 0 Å². The van der Waals surface area contributed by atoms with Crippen LogP contribution >= 0.6 is 0 Å². The van der Waals surface area contributed by atoms with Crippen LogP contribution in [0.5, 0.6) is 0 Å². The number of hydrogen-bond acceptors (Lipinski definition) is 2. The Kier molecular flexibility index (Phi) is 2.32. The standard InChI is InChI=1S/C16H22N2/c17-9-15-2-1-14(10-18-15)16-6-11-3-12(7-16)5-13(4-11)8-16/h1-2,10-13H,3-9,17H2. The van der Waals surface area contributed by atoms with Gasteiger partial charge >= 0.3 is 0 Å². The predicted molar refractivity (Wildman–Crippen MR) is 72.0 cm³/mol. The normalized spacial score (nSPS) is 41.3. The maximum absolute atomic E-state index is 5.64. The maximum atomic E-state index is 5.64. The van der Waals surface area contributed by atoms with Gasteiger partial charge in [-0.2, -0.15) is 0 Å². The smallest absolute Gasteiger partial charge is 0.0539 e. The Hall–Kier alpha value is -0.890. The van der Waals surface area contributed by atoms with E-state index in [1.807, 2.05) is 0 Å². The van der Waals surface area contributed by atoms with Crippen molar-refractivity contribution in [1.82, 2.24) is 4.98 Å². The summed E-state index contributed by atoms with van der Waals surface area (Å²) in [5.74, 6) is 3.02. The zero-order valence-corrected chi connectivity index (χ0v) is 10.9. The monoisotopic (exact) mass is 242 g/mol. The molecule has 1 aromatic heterocycles. The van der Waals surface area contributed by atoms with Crippen molar-refractivity contribution < 1.29 is 0 Å². The molecule has 0 aliphatic heterocycles. The van der Waals surface area contributed by atoms with E-state index in [-0.39, 0.29) is 0 Å². The first-order valence-electron chi connectivity index (χ1n) is 7.43. The van der Waals surface area contributed by atoms with Crippen LogP contribution in [0.2, 0.25) is 0 Å². The van der Waals surface area contributed by atoms with Crippen molar-refractivity contribution in [3.05, 3.63) is 29.6 Å². The largest absolute Gasteiger partial charge is 0.325 e. The number of nitrogens with zero attached hydrogens (tertiary/aromatic N) is 1. The van der Waals surface area contributed by atoms with E-state index in [0.717, 1.165) is 23.4 Å². The highest BCUT2D eigenvalue weighted by molar-refractivity contribution is 5.28. The summed E-state index contributed by atoms with van der Waals surface area (Å²) in [6.07, 6.45) is 10.9. The van der Waals surface area contributed by atoms with Crippen LogP contribution in [0.15, 0.2) is 18.3 Å². The molecule has 2 N–H and O–H groups in total. The third-order valence-electron chi connectivity index (χ3n) is 5.68. The van der Waals surface area contributed by atoms with Gasteiger partial charge in [-0.25, -0.2) is 0 Å². The van der Waals surface area contributed by atoms with Crippen molar-refractivity contribution >= 4 is 0 Å². The highest BCUT2D eigenvalue weighted by Crippen LogP contribution is 2.60. The summed E-state index contributed by atoms with van der Waals surface area (Å²) in [5.41, 5.74) is 8.64. The van der Waals surface area contributed by atoms with Gasteiger partial charge in [-0.05, 0) is 73.3 Å². The minimum absolute atomic E-state index is 0.481. The predicted octanol–water partition coefficient (Wildman–Crippen LogP) is 3.01. The average Bonchev–Trinajstić information content (AvgIpc) is 2.37. The summed E-state index contributed by atoms with van der Waals surface area (Å²) in [5, 5.41) is 0. The highest BCUT2D eigenvalue weighted by atomic mass is 14.7. The molecule has 2 heteroatoms. The van der Waals surface area contributed by atoms with E-state index in [0.29, 0.717) is 12.0 Å². The van der Waals surface area contributed by atoms with Crippen LogP contribution in [0.25, 0.3) is 0 Å². The van der Waals surface area contributed by atoms with Crippen molar-refractivity contribution in [3.63, 3.8) is 0 Å². The number of aromatic nitrogens is 1. The van der Waals surface area contributed by atoms with Crippen molar-refractivity contribution in [3.8, 4) is 0 Å². The topological polar surface area (TPSA) is 38.9 Å². The van der Waals surface area contributed by atoms with Crippen LogP contribution in [-0.2, 0) is 12.0 Å². The molecule has 1 aromatic rings. The Morgan fingerprint density at radius 3 is 2.11 bits per heavy atom. The second-order valence-electron chi connectivity index (χ2n) is 6.94. The number of nitrogens with two attached hydrogens (primary N) is 1. The molecule has 4 saturated carbocycles. The molecule has 4 bridgehead atoms. The van der Waals surface area contributed by atoms with Crippen LogP contribution in [0.4, 0.5) is 0 Å². The first-order chi connectivity index (χ1) is 8.77. The summed E-state index contributed by atoms with van der Waals surface area (Å²) < 4.78 is 0. The molecule has 4 aliphatic carbocycles. The fourth-order valence-corrected chi connectivity index (χ4v) is 5.32. The van der Waals surface area contributed by atoms with E-state index in [1.54, 1.807) is 0 Å². The lowest BCUT2D eigenvalue weighted by Crippen LogP contribution is -2.48. The zero-order chi connectivity index (χ0) is 12.2. The van der Waals surface area contributed by atoms with E-state index in [9.17, 15) is 0 Å². The van der Waals surface area contributed by atoms with Gasteiger partial charge in [0.05, 0.1) is 5.69 Å². The van der Waals surface area contributed by atoms with Gasteiger partial charge < -0.3 is 5.73 Å². The molecular formula is C16H22N2. The molecule has 0 saturated heterocycles. The van der Waals surface area contributed by atoms with Crippen LogP contribution in [0.3, 0.4) is 0 Å². The molecular weight excluding hydrogens is 220 g/mol. The number of rotatable bonds is 2. The Morgan fingerprint density at radius 2 is 1.67 bits per heavy atom. The molecule has 96 valence electrons.